The van der Waals surface area contributed by atoms with E-state index < -0.39 is 34.6 Å². The number of hydrogen-bond donors (Lipinski definition) is 3. The molecule has 3 aliphatic heterocycles. The molecule has 186 valence electrons. The molecule has 1 aromatic rings. The van der Waals surface area contributed by atoms with Gasteiger partial charge in [0.1, 0.15) is 11.6 Å². The molecule has 8 heteroatoms. The minimum Gasteiger partial charge on any atom is -0.396 e. The molecule has 4 rings (SSSR count). The van der Waals surface area contributed by atoms with Gasteiger partial charge in [0.05, 0.1) is 17.4 Å². The summed E-state index contributed by atoms with van der Waals surface area (Å²) in [5.74, 6) is -2.07. The van der Waals surface area contributed by atoms with Gasteiger partial charge in [-0.1, -0.05) is 25.1 Å². The molecule has 3 heterocycles. The maximum absolute atomic E-state index is 13.9. The van der Waals surface area contributed by atoms with Crippen molar-refractivity contribution in [1.82, 2.24) is 10.2 Å². The number of aliphatic hydroxyl groups excluding tert-OH is 1. The van der Waals surface area contributed by atoms with Crippen LogP contribution >= 0.6 is 0 Å². The zero-order chi connectivity index (χ0) is 24.7. The van der Waals surface area contributed by atoms with Crippen molar-refractivity contribution in [3.05, 3.63) is 30.3 Å². The van der Waals surface area contributed by atoms with Gasteiger partial charge in [-0.05, 0) is 65.0 Å². The summed E-state index contributed by atoms with van der Waals surface area (Å²) < 4.78 is 6.71. The standard InChI is InChI=1S/C26H37N3O5/c1-5-25-13-14-26(34-25)19(18(25)21(31)27-17-11-7-6-8-12-17)23(33)29(15-9-10-16-30)20(26)22(32)28-24(2,3)4/h6-8,11-12,18-20,30H,5,9-10,13-16H2,1-4H3,(H,27,31)(H,28,32)/t18-,19+,20?,25+,26?/m1/s1. The van der Waals surface area contributed by atoms with Gasteiger partial charge in [0.2, 0.25) is 17.7 Å². The van der Waals surface area contributed by atoms with Crippen LogP contribution in [0.15, 0.2) is 30.3 Å². The SMILES string of the molecule is CC[C@@]12CCC3(O1)C(C(=O)NC(C)(C)C)N(CCCCO)C(=O)[C@@H]3[C@@H]2C(=O)Nc1ccccc1. The molecule has 0 saturated carbocycles. The van der Waals surface area contributed by atoms with E-state index in [9.17, 15) is 19.5 Å². The van der Waals surface area contributed by atoms with Gasteiger partial charge in [-0.2, -0.15) is 0 Å². The molecule has 2 unspecified atom stereocenters. The highest BCUT2D eigenvalue weighted by atomic mass is 16.5. The fraction of sp³-hybridized carbons (Fsp3) is 0.654. The van der Waals surface area contributed by atoms with E-state index in [4.69, 9.17) is 4.74 Å². The second kappa shape index (κ2) is 8.96. The van der Waals surface area contributed by atoms with Gasteiger partial charge >= 0.3 is 0 Å². The molecule has 3 amide bonds. The first-order valence-electron chi connectivity index (χ1n) is 12.4. The number of aliphatic hydroxyl groups is 1. The minimum absolute atomic E-state index is 0.0208. The van der Waals surface area contributed by atoms with Gasteiger partial charge in [-0.25, -0.2) is 0 Å². The van der Waals surface area contributed by atoms with Crippen molar-refractivity contribution in [2.24, 2.45) is 11.8 Å². The van der Waals surface area contributed by atoms with Gasteiger partial charge in [0, 0.05) is 24.4 Å². The summed E-state index contributed by atoms with van der Waals surface area (Å²) in [5, 5.41) is 15.3. The lowest BCUT2D eigenvalue weighted by Crippen LogP contribution is -2.58. The third-order valence-corrected chi connectivity index (χ3v) is 7.56. The summed E-state index contributed by atoms with van der Waals surface area (Å²) in [7, 11) is 0. The topological polar surface area (TPSA) is 108 Å². The molecule has 0 aliphatic carbocycles. The first-order chi connectivity index (χ1) is 16.1. The highest BCUT2D eigenvalue weighted by Crippen LogP contribution is 2.64. The maximum atomic E-state index is 13.9. The van der Waals surface area contributed by atoms with Crippen LogP contribution in [0.4, 0.5) is 5.69 Å². The molecule has 3 aliphatic rings. The van der Waals surface area contributed by atoms with Crippen molar-refractivity contribution in [3.63, 3.8) is 0 Å². The fourth-order valence-electron chi connectivity index (χ4n) is 6.23. The van der Waals surface area contributed by atoms with Crippen molar-refractivity contribution in [3.8, 4) is 0 Å². The van der Waals surface area contributed by atoms with E-state index in [1.165, 1.54) is 0 Å². The van der Waals surface area contributed by atoms with Gasteiger partial charge in [-0.15, -0.1) is 0 Å². The molecule has 3 saturated heterocycles. The number of anilines is 1. The summed E-state index contributed by atoms with van der Waals surface area (Å²) >= 11 is 0. The van der Waals surface area contributed by atoms with Crippen LogP contribution in [0.3, 0.4) is 0 Å². The third kappa shape index (κ3) is 4.01. The molecule has 3 N–H and O–H groups in total. The largest absolute Gasteiger partial charge is 0.396 e. The van der Waals surface area contributed by atoms with E-state index >= 15 is 0 Å². The molecule has 0 aromatic heterocycles. The molecule has 5 atom stereocenters. The van der Waals surface area contributed by atoms with E-state index in [0.29, 0.717) is 44.3 Å². The van der Waals surface area contributed by atoms with Gasteiger partial charge in [0.15, 0.2) is 0 Å². The van der Waals surface area contributed by atoms with Crippen molar-refractivity contribution >= 4 is 23.4 Å². The van der Waals surface area contributed by atoms with E-state index in [2.05, 4.69) is 10.6 Å². The Balaban J connectivity index is 1.72. The number of carbonyl (C=O) groups is 3. The van der Waals surface area contributed by atoms with Crippen LogP contribution in [0.2, 0.25) is 0 Å². The quantitative estimate of drug-likeness (QED) is 0.505. The highest BCUT2D eigenvalue weighted by Gasteiger charge is 2.78. The number of unbranched alkanes of at least 4 members (excludes halogenated alkanes) is 1. The lowest BCUT2D eigenvalue weighted by atomic mass is 9.65. The molecule has 1 aromatic carbocycles. The Morgan fingerprint density at radius 1 is 1.15 bits per heavy atom. The number of amides is 3. The highest BCUT2D eigenvalue weighted by molar-refractivity contribution is 6.02. The molecular weight excluding hydrogens is 434 g/mol. The van der Waals surface area contributed by atoms with Crippen molar-refractivity contribution in [1.29, 1.82) is 0 Å². The van der Waals surface area contributed by atoms with Crippen molar-refractivity contribution in [2.45, 2.75) is 82.6 Å². The number of nitrogens with one attached hydrogen (secondary N) is 2. The zero-order valence-corrected chi connectivity index (χ0v) is 20.6. The second-order valence-electron chi connectivity index (χ2n) is 10.9. The molecule has 2 bridgehead atoms. The van der Waals surface area contributed by atoms with Crippen LogP contribution in [0.1, 0.15) is 59.8 Å². The number of rotatable bonds is 8. The van der Waals surface area contributed by atoms with Gasteiger partial charge in [-0.3, -0.25) is 14.4 Å². The third-order valence-electron chi connectivity index (χ3n) is 7.56. The molecule has 34 heavy (non-hydrogen) atoms. The Hall–Kier alpha value is -2.45. The van der Waals surface area contributed by atoms with E-state index in [1.807, 2.05) is 58.0 Å². The Bertz CT molecular complexity index is 946. The first-order valence-corrected chi connectivity index (χ1v) is 12.4. The minimum atomic E-state index is -1.03. The summed E-state index contributed by atoms with van der Waals surface area (Å²) in [5.41, 5.74) is -1.60. The normalized spacial score (nSPS) is 32.1. The van der Waals surface area contributed by atoms with Crippen LogP contribution in [-0.4, -0.2) is 63.7 Å². The summed E-state index contributed by atoms with van der Waals surface area (Å²) in [4.78, 5) is 42.7. The van der Waals surface area contributed by atoms with Crippen LogP contribution in [0.5, 0.6) is 0 Å². The van der Waals surface area contributed by atoms with Crippen molar-refractivity contribution in [2.75, 3.05) is 18.5 Å². The average Bonchev–Trinajstić information content (AvgIpc) is 3.37. The van der Waals surface area contributed by atoms with Crippen molar-refractivity contribution < 1.29 is 24.2 Å². The maximum Gasteiger partial charge on any atom is 0.246 e. The number of likely N-dealkylation sites (tertiary alicyclic amines) is 1. The number of carbonyl (C=O) groups excluding carboxylic acids is 3. The number of para-hydroxylation sites is 1. The van der Waals surface area contributed by atoms with Gasteiger partial charge in [0.25, 0.3) is 0 Å². The number of hydrogen-bond acceptors (Lipinski definition) is 5. The molecular formula is C26H37N3O5. The zero-order valence-electron chi connectivity index (χ0n) is 20.6. The lowest BCUT2D eigenvalue weighted by molar-refractivity contribution is -0.147. The Kier molecular flexibility index (Phi) is 6.50. The average molecular weight is 472 g/mol. The first kappa shape index (κ1) is 24.7. The molecule has 1 spiro atoms. The molecule has 3 fully saturated rings. The Morgan fingerprint density at radius 2 is 1.85 bits per heavy atom. The Labute approximate surface area is 201 Å². The number of fused-ring (bicyclic) bond motifs is 1. The van der Waals surface area contributed by atoms with Gasteiger partial charge < -0.3 is 25.4 Å². The number of ether oxygens (including phenoxy) is 1. The monoisotopic (exact) mass is 471 g/mol. The number of benzene rings is 1. The summed E-state index contributed by atoms with van der Waals surface area (Å²) in [6, 6.07) is 8.41. The Morgan fingerprint density at radius 3 is 2.47 bits per heavy atom. The number of nitrogens with zero attached hydrogens (tertiary/aromatic N) is 1. The molecule has 0 radical (unpaired) electrons. The smallest absolute Gasteiger partial charge is 0.246 e. The summed E-state index contributed by atoms with van der Waals surface area (Å²) in [6.45, 7) is 8.07. The fourth-order valence-corrected chi connectivity index (χ4v) is 6.23. The van der Waals surface area contributed by atoms with E-state index in [-0.39, 0.29) is 24.3 Å². The van der Waals surface area contributed by atoms with Crippen LogP contribution in [-0.2, 0) is 19.1 Å². The predicted octanol–water partition coefficient (Wildman–Crippen LogP) is 2.47. The predicted molar refractivity (Wildman–Crippen MR) is 128 cm³/mol. The summed E-state index contributed by atoms with van der Waals surface area (Å²) in [6.07, 6.45) is 2.88. The van der Waals surface area contributed by atoms with Crippen LogP contribution in [0, 0.1) is 11.8 Å². The molecule has 8 nitrogen and oxygen atoms in total. The second-order valence-corrected chi connectivity index (χ2v) is 10.9. The lowest BCUT2D eigenvalue weighted by Gasteiger charge is -2.35. The van der Waals surface area contributed by atoms with E-state index in [1.54, 1.807) is 4.90 Å². The van der Waals surface area contributed by atoms with Crippen LogP contribution in [0.25, 0.3) is 0 Å². The van der Waals surface area contributed by atoms with E-state index in [0.717, 1.165) is 0 Å². The van der Waals surface area contributed by atoms with Crippen LogP contribution < -0.4 is 10.6 Å².